The first-order valence-corrected chi connectivity index (χ1v) is 10.2. The molecule has 2 N–H and O–H groups in total. The van der Waals surface area contributed by atoms with Gasteiger partial charge in [0.15, 0.2) is 6.61 Å². The van der Waals surface area contributed by atoms with E-state index in [1.165, 1.54) is 24.4 Å². The van der Waals surface area contributed by atoms with Crippen LogP contribution in [0.2, 0.25) is 5.02 Å². The molecule has 28 heavy (non-hydrogen) atoms. The molecule has 1 aromatic heterocycles. The van der Waals surface area contributed by atoms with E-state index in [0.29, 0.717) is 5.02 Å². The zero-order valence-electron chi connectivity index (χ0n) is 15.3. The fraction of sp³-hybridized carbons (Fsp3) is 0.278. The number of esters is 1. The first-order valence-electron chi connectivity index (χ1n) is 8.34. The van der Waals surface area contributed by atoms with Gasteiger partial charge < -0.3 is 10.1 Å². The molecular formula is C18H20ClN3O5S. The second kappa shape index (κ2) is 9.63. The van der Waals surface area contributed by atoms with Gasteiger partial charge in [0.25, 0.3) is 5.91 Å². The third kappa shape index (κ3) is 6.29. The molecule has 8 nitrogen and oxygen atoms in total. The summed E-state index contributed by atoms with van der Waals surface area (Å²) in [5.41, 5.74) is 0. The molecule has 1 aromatic carbocycles. The van der Waals surface area contributed by atoms with Crippen LogP contribution in [0, 0.1) is 5.92 Å². The molecule has 0 bridgehead atoms. The lowest BCUT2D eigenvalue weighted by Crippen LogP contribution is -2.45. The summed E-state index contributed by atoms with van der Waals surface area (Å²) in [6.07, 6.45) is 1.36. The minimum Gasteiger partial charge on any atom is -0.454 e. The Morgan fingerprint density at radius 1 is 1.14 bits per heavy atom. The number of ether oxygens (including phenoxy) is 1. The van der Waals surface area contributed by atoms with Crippen molar-refractivity contribution < 1.29 is 22.7 Å². The molecule has 1 amide bonds. The monoisotopic (exact) mass is 425 g/mol. The van der Waals surface area contributed by atoms with Gasteiger partial charge in [-0.05, 0) is 30.2 Å². The minimum atomic E-state index is -3.91. The molecule has 2 aromatic rings. The van der Waals surface area contributed by atoms with Gasteiger partial charge in [0.2, 0.25) is 10.0 Å². The number of hydrogen-bond acceptors (Lipinski definition) is 6. The second-order valence-corrected chi connectivity index (χ2v) is 8.32. The number of carbonyl (C=O) groups is 2. The quantitative estimate of drug-likeness (QED) is 0.627. The van der Waals surface area contributed by atoms with Crippen LogP contribution < -0.4 is 10.0 Å². The first kappa shape index (κ1) is 21.8. The van der Waals surface area contributed by atoms with Gasteiger partial charge >= 0.3 is 5.97 Å². The van der Waals surface area contributed by atoms with Crippen molar-refractivity contribution in [1.29, 1.82) is 0 Å². The van der Waals surface area contributed by atoms with Crippen LogP contribution in [-0.4, -0.2) is 37.9 Å². The van der Waals surface area contributed by atoms with Crippen LogP contribution in [0.1, 0.15) is 13.8 Å². The zero-order valence-corrected chi connectivity index (χ0v) is 16.8. The van der Waals surface area contributed by atoms with Crippen LogP contribution >= 0.6 is 11.6 Å². The number of sulfonamides is 1. The Morgan fingerprint density at radius 2 is 1.82 bits per heavy atom. The van der Waals surface area contributed by atoms with Crippen LogP contribution in [0.3, 0.4) is 0 Å². The maximum absolute atomic E-state index is 12.4. The van der Waals surface area contributed by atoms with Crippen molar-refractivity contribution in [3.63, 3.8) is 0 Å². The van der Waals surface area contributed by atoms with Crippen molar-refractivity contribution in [1.82, 2.24) is 9.71 Å². The van der Waals surface area contributed by atoms with E-state index in [1.54, 1.807) is 38.1 Å². The van der Waals surface area contributed by atoms with E-state index in [1.807, 2.05) is 0 Å². The summed E-state index contributed by atoms with van der Waals surface area (Å²) in [7, 11) is -3.91. The van der Waals surface area contributed by atoms with Crippen LogP contribution in [0.25, 0.3) is 0 Å². The van der Waals surface area contributed by atoms with Crippen molar-refractivity contribution in [3.05, 3.63) is 53.7 Å². The van der Waals surface area contributed by atoms with E-state index in [4.69, 9.17) is 16.3 Å². The predicted octanol–water partition coefficient (Wildman–Crippen LogP) is 2.22. The zero-order chi connectivity index (χ0) is 20.7. The SMILES string of the molecule is CC(C)C(NS(=O)(=O)c1ccccc1)C(=O)OCC(=O)Nc1ccc(Cl)cn1. The standard InChI is InChI=1S/C18H20ClN3O5S/c1-12(2)17(22-28(25,26)14-6-4-3-5-7-14)18(24)27-11-16(23)21-15-9-8-13(19)10-20-15/h3-10,12,17,22H,11H2,1-2H3,(H,20,21,23). The fourth-order valence-electron chi connectivity index (χ4n) is 2.15. The summed E-state index contributed by atoms with van der Waals surface area (Å²) in [5, 5.41) is 2.85. The Kier molecular flexibility index (Phi) is 7.50. The Morgan fingerprint density at radius 3 is 2.39 bits per heavy atom. The number of hydrogen-bond donors (Lipinski definition) is 2. The highest BCUT2D eigenvalue weighted by molar-refractivity contribution is 7.89. The van der Waals surface area contributed by atoms with E-state index in [9.17, 15) is 18.0 Å². The van der Waals surface area contributed by atoms with Gasteiger partial charge in [-0.2, -0.15) is 4.72 Å². The molecule has 1 atom stereocenters. The molecule has 10 heteroatoms. The molecule has 1 unspecified atom stereocenters. The number of nitrogens with zero attached hydrogens (tertiary/aromatic N) is 1. The largest absolute Gasteiger partial charge is 0.454 e. The summed E-state index contributed by atoms with van der Waals surface area (Å²) in [4.78, 5) is 28.2. The molecule has 2 rings (SSSR count). The molecule has 0 saturated carbocycles. The van der Waals surface area contributed by atoms with Crippen LogP contribution in [0.5, 0.6) is 0 Å². The molecule has 0 saturated heterocycles. The third-order valence-electron chi connectivity index (χ3n) is 3.60. The molecule has 1 heterocycles. The number of amides is 1. The number of carbonyl (C=O) groups excluding carboxylic acids is 2. The summed E-state index contributed by atoms with van der Waals surface area (Å²) >= 11 is 5.71. The molecule has 0 aliphatic rings. The summed E-state index contributed by atoms with van der Waals surface area (Å²) in [6.45, 7) is 2.74. The van der Waals surface area contributed by atoms with Crippen LogP contribution in [0.4, 0.5) is 5.82 Å². The van der Waals surface area contributed by atoms with Gasteiger partial charge in [-0.15, -0.1) is 0 Å². The minimum absolute atomic E-state index is 0.0278. The van der Waals surface area contributed by atoms with E-state index >= 15 is 0 Å². The highest BCUT2D eigenvalue weighted by atomic mass is 35.5. The molecule has 0 aliphatic heterocycles. The summed E-state index contributed by atoms with van der Waals surface area (Å²) in [6, 6.07) is 9.55. The molecule has 0 radical (unpaired) electrons. The lowest BCUT2D eigenvalue weighted by Gasteiger charge is -2.20. The van der Waals surface area contributed by atoms with Gasteiger partial charge in [0.05, 0.1) is 9.92 Å². The Bertz CT molecular complexity index is 918. The predicted molar refractivity (Wildman–Crippen MR) is 104 cm³/mol. The summed E-state index contributed by atoms with van der Waals surface area (Å²) in [5.74, 6) is -1.62. The summed E-state index contributed by atoms with van der Waals surface area (Å²) < 4.78 is 32.2. The number of nitrogens with one attached hydrogen (secondary N) is 2. The third-order valence-corrected chi connectivity index (χ3v) is 5.28. The van der Waals surface area contributed by atoms with Crippen molar-refractivity contribution >= 4 is 39.3 Å². The van der Waals surface area contributed by atoms with Gasteiger partial charge in [-0.25, -0.2) is 13.4 Å². The molecule has 0 spiro atoms. The lowest BCUT2D eigenvalue weighted by atomic mass is 10.1. The highest BCUT2D eigenvalue weighted by Crippen LogP contribution is 2.13. The molecular weight excluding hydrogens is 406 g/mol. The topological polar surface area (TPSA) is 114 Å². The average Bonchev–Trinajstić information content (AvgIpc) is 2.66. The van der Waals surface area contributed by atoms with Gasteiger partial charge in [0, 0.05) is 6.20 Å². The fourth-order valence-corrected chi connectivity index (χ4v) is 3.61. The number of rotatable bonds is 8. The average molecular weight is 426 g/mol. The van der Waals surface area contributed by atoms with Crippen molar-refractivity contribution in [2.75, 3.05) is 11.9 Å². The van der Waals surface area contributed by atoms with Gasteiger partial charge in [-0.1, -0.05) is 43.6 Å². The van der Waals surface area contributed by atoms with E-state index < -0.39 is 40.5 Å². The highest BCUT2D eigenvalue weighted by Gasteiger charge is 2.30. The molecule has 0 aliphatic carbocycles. The second-order valence-electron chi connectivity index (χ2n) is 6.17. The van der Waals surface area contributed by atoms with Gasteiger partial charge in [-0.3, -0.25) is 9.59 Å². The number of anilines is 1. The number of benzene rings is 1. The maximum Gasteiger partial charge on any atom is 0.324 e. The number of aromatic nitrogens is 1. The van der Waals surface area contributed by atoms with Crippen LogP contribution in [-0.2, 0) is 24.3 Å². The number of halogens is 1. The van der Waals surface area contributed by atoms with E-state index in [-0.39, 0.29) is 10.7 Å². The van der Waals surface area contributed by atoms with Crippen molar-refractivity contribution in [2.45, 2.75) is 24.8 Å². The lowest BCUT2D eigenvalue weighted by molar-refractivity contribution is -0.150. The Hall–Kier alpha value is -2.49. The van der Waals surface area contributed by atoms with E-state index in [2.05, 4.69) is 15.0 Å². The van der Waals surface area contributed by atoms with Crippen molar-refractivity contribution in [3.8, 4) is 0 Å². The first-order chi connectivity index (χ1) is 13.2. The molecule has 150 valence electrons. The van der Waals surface area contributed by atoms with E-state index in [0.717, 1.165) is 0 Å². The smallest absolute Gasteiger partial charge is 0.324 e. The van der Waals surface area contributed by atoms with Gasteiger partial charge in [0.1, 0.15) is 11.9 Å². The van der Waals surface area contributed by atoms with Crippen molar-refractivity contribution in [2.24, 2.45) is 5.92 Å². The Labute approximate surface area is 168 Å². The Balaban J connectivity index is 1.97. The normalized spacial score (nSPS) is 12.4. The maximum atomic E-state index is 12.4. The van der Waals surface area contributed by atoms with Crippen LogP contribution in [0.15, 0.2) is 53.6 Å². The molecule has 0 fully saturated rings. The number of pyridine rings is 1.